The maximum Gasteiger partial charge on any atom is 0.280 e. The average molecular weight is 483 g/mol. The molecule has 0 aliphatic carbocycles. The number of furan rings is 1. The monoisotopic (exact) mass is 482 g/mol. The van der Waals surface area contributed by atoms with Crippen molar-refractivity contribution in [3.05, 3.63) is 113 Å². The first-order valence-electron chi connectivity index (χ1n) is 11.1. The molecule has 3 aromatic carbocycles. The van der Waals surface area contributed by atoms with E-state index in [4.69, 9.17) is 4.42 Å². The molecule has 0 unspecified atom stereocenters. The molecule has 5 rings (SSSR count). The van der Waals surface area contributed by atoms with E-state index in [0.29, 0.717) is 23.8 Å². The number of hydrogen-bond donors (Lipinski definition) is 1. The number of aryl methyl sites for hydroxylation is 1. The van der Waals surface area contributed by atoms with Gasteiger partial charge in [-0.3, -0.25) is 14.5 Å². The quantitative estimate of drug-likeness (QED) is 0.340. The lowest BCUT2D eigenvalue weighted by molar-refractivity contribution is -0.123. The third kappa shape index (κ3) is 4.69. The highest BCUT2D eigenvalue weighted by molar-refractivity contribution is 7.03. The number of anilines is 1. The van der Waals surface area contributed by atoms with Gasteiger partial charge in [0, 0.05) is 17.3 Å². The molecule has 1 atom stereocenters. The first-order valence-corrected chi connectivity index (χ1v) is 11.9. The summed E-state index contributed by atoms with van der Waals surface area (Å²) >= 11 is 1.08. The number of aromatic nitrogens is 2. The van der Waals surface area contributed by atoms with Gasteiger partial charge in [0.1, 0.15) is 11.5 Å². The van der Waals surface area contributed by atoms with E-state index in [9.17, 15) is 9.59 Å². The van der Waals surface area contributed by atoms with Gasteiger partial charge in [-0.15, -0.1) is 5.10 Å². The Morgan fingerprint density at radius 2 is 1.74 bits per heavy atom. The van der Waals surface area contributed by atoms with Gasteiger partial charge in [0.2, 0.25) is 0 Å². The van der Waals surface area contributed by atoms with Crippen molar-refractivity contribution in [2.45, 2.75) is 19.5 Å². The zero-order chi connectivity index (χ0) is 24.2. The summed E-state index contributed by atoms with van der Waals surface area (Å²) < 4.78 is 9.77. The van der Waals surface area contributed by atoms with E-state index in [1.165, 1.54) is 4.90 Å². The second kappa shape index (κ2) is 9.90. The first-order chi connectivity index (χ1) is 17.1. The van der Waals surface area contributed by atoms with Crippen LogP contribution in [-0.4, -0.2) is 21.4 Å². The molecule has 174 valence electrons. The Morgan fingerprint density at radius 3 is 2.49 bits per heavy atom. The second-order valence-electron chi connectivity index (χ2n) is 8.02. The highest BCUT2D eigenvalue weighted by Gasteiger charge is 2.37. The maximum absolute atomic E-state index is 13.9. The van der Waals surface area contributed by atoms with Crippen molar-refractivity contribution in [3.8, 4) is 0 Å². The number of benzene rings is 3. The summed E-state index contributed by atoms with van der Waals surface area (Å²) in [6.07, 6.45) is 0. The zero-order valence-electron chi connectivity index (χ0n) is 18.9. The molecule has 8 heteroatoms. The molecule has 0 spiro atoms. The van der Waals surface area contributed by atoms with E-state index in [1.54, 1.807) is 24.4 Å². The van der Waals surface area contributed by atoms with Gasteiger partial charge in [0.05, 0.1) is 5.69 Å². The van der Waals surface area contributed by atoms with Gasteiger partial charge >= 0.3 is 0 Å². The Balaban J connectivity index is 1.63. The van der Waals surface area contributed by atoms with E-state index in [1.807, 2.05) is 72.8 Å². The van der Waals surface area contributed by atoms with E-state index in [2.05, 4.69) is 14.9 Å². The third-order valence-electron chi connectivity index (χ3n) is 5.67. The van der Waals surface area contributed by atoms with Crippen LogP contribution in [0.5, 0.6) is 0 Å². The molecular weight excluding hydrogens is 460 g/mol. The van der Waals surface area contributed by atoms with Crippen molar-refractivity contribution in [1.82, 2.24) is 14.9 Å². The van der Waals surface area contributed by atoms with Crippen LogP contribution in [0.15, 0.2) is 94.7 Å². The van der Waals surface area contributed by atoms with E-state index < -0.39 is 11.9 Å². The number of carbonyl (C=O) groups is 2. The second-order valence-corrected chi connectivity index (χ2v) is 8.63. The van der Waals surface area contributed by atoms with Crippen LogP contribution in [0.1, 0.15) is 33.6 Å². The smallest absolute Gasteiger partial charge is 0.280 e. The molecule has 0 aliphatic heterocycles. The Morgan fingerprint density at radius 1 is 0.971 bits per heavy atom. The molecule has 0 radical (unpaired) electrons. The Bertz CT molecular complexity index is 1460. The van der Waals surface area contributed by atoms with Gasteiger partial charge in [0.15, 0.2) is 11.7 Å². The molecule has 0 saturated carbocycles. The van der Waals surface area contributed by atoms with Crippen LogP contribution in [0.4, 0.5) is 5.69 Å². The van der Waals surface area contributed by atoms with Crippen LogP contribution in [0, 0.1) is 6.92 Å². The number of nitrogens with one attached hydrogen (secondary N) is 1. The molecule has 7 nitrogen and oxygen atoms in total. The minimum absolute atomic E-state index is 0.159. The van der Waals surface area contributed by atoms with E-state index >= 15 is 0 Å². The fraction of sp³-hybridized carbons (Fsp3) is 0.111. The van der Waals surface area contributed by atoms with Gasteiger partial charge < -0.3 is 9.73 Å². The summed E-state index contributed by atoms with van der Waals surface area (Å²) in [6, 6.07) is 25.4. The summed E-state index contributed by atoms with van der Waals surface area (Å²) in [5.74, 6) is 0.190. The minimum atomic E-state index is -1.06. The molecule has 2 heterocycles. The van der Waals surface area contributed by atoms with Gasteiger partial charge in [0.25, 0.3) is 11.8 Å². The highest BCUT2D eigenvalue weighted by atomic mass is 32.1. The zero-order valence-corrected chi connectivity index (χ0v) is 19.7. The van der Waals surface area contributed by atoms with Crippen molar-refractivity contribution in [2.75, 3.05) is 4.90 Å². The number of nitrogens with zero attached hydrogens (tertiary/aromatic N) is 3. The summed E-state index contributed by atoms with van der Waals surface area (Å²) in [5, 5.41) is 10.3. The Hall–Kier alpha value is -4.30. The molecule has 2 aromatic heterocycles. The maximum atomic E-state index is 13.9. The number of carbonyl (C=O) groups excluding carboxylic acids is 2. The Kier molecular flexibility index (Phi) is 6.36. The number of rotatable bonds is 7. The highest BCUT2D eigenvalue weighted by Crippen LogP contribution is 2.35. The van der Waals surface area contributed by atoms with Crippen molar-refractivity contribution in [2.24, 2.45) is 0 Å². The fourth-order valence-corrected chi connectivity index (χ4v) is 4.45. The Labute approximate surface area is 206 Å². The average Bonchev–Trinajstić information content (AvgIpc) is 3.58. The van der Waals surface area contributed by atoms with E-state index in [0.717, 1.165) is 27.9 Å². The van der Waals surface area contributed by atoms with Crippen LogP contribution in [0.2, 0.25) is 0 Å². The molecule has 5 aromatic rings. The summed E-state index contributed by atoms with van der Waals surface area (Å²) in [7, 11) is 0. The first kappa shape index (κ1) is 22.5. The molecule has 0 saturated heterocycles. The van der Waals surface area contributed by atoms with Crippen molar-refractivity contribution in [1.29, 1.82) is 0 Å². The number of hydrogen-bond acceptors (Lipinski definition) is 6. The number of fused-ring (bicyclic) bond motifs is 1. The number of amides is 2. The molecule has 2 amide bonds. The molecular formula is C27H22N4O3S. The van der Waals surface area contributed by atoms with Crippen LogP contribution in [-0.2, 0) is 11.3 Å². The lowest BCUT2D eigenvalue weighted by Crippen LogP contribution is -2.44. The lowest BCUT2D eigenvalue weighted by atomic mass is 10.0. The summed E-state index contributed by atoms with van der Waals surface area (Å²) in [6.45, 7) is 2.11. The van der Waals surface area contributed by atoms with Crippen molar-refractivity contribution < 1.29 is 14.0 Å². The van der Waals surface area contributed by atoms with Gasteiger partial charge in [-0.2, -0.15) is 0 Å². The van der Waals surface area contributed by atoms with Crippen LogP contribution in [0.25, 0.3) is 10.8 Å². The molecule has 1 N–H and O–H groups in total. The van der Waals surface area contributed by atoms with E-state index in [-0.39, 0.29) is 11.6 Å². The predicted octanol–water partition coefficient (Wildman–Crippen LogP) is 5.30. The van der Waals surface area contributed by atoms with Crippen LogP contribution >= 0.6 is 11.5 Å². The molecule has 35 heavy (non-hydrogen) atoms. The van der Waals surface area contributed by atoms with Gasteiger partial charge in [-0.05, 0) is 47.6 Å². The SMILES string of the molecule is Cc1ccc([C@H](C(=O)NCc2ccccc2)N(C(=O)c2csnn2)c2cccc3ccccc23)o1. The summed E-state index contributed by atoms with van der Waals surface area (Å²) in [5.41, 5.74) is 1.68. The van der Waals surface area contributed by atoms with Crippen molar-refractivity contribution in [3.63, 3.8) is 0 Å². The predicted molar refractivity (Wildman–Crippen MR) is 135 cm³/mol. The van der Waals surface area contributed by atoms with Crippen LogP contribution in [0.3, 0.4) is 0 Å². The molecule has 0 aliphatic rings. The van der Waals surface area contributed by atoms with Crippen molar-refractivity contribution >= 4 is 39.8 Å². The summed E-state index contributed by atoms with van der Waals surface area (Å²) in [4.78, 5) is 29.1. The minimum Gasteiger partial charge on any atom is -0.464 e. The molecule has 0 fully saturated rings. The molecule has 0 bridgehead atoms. The third-order valence-corrected chi connectivity index (χ3v) is 6.18. The van der Waals surface area contributed by atoms with Gasteiger partial charge in [-0.1, -0.05) is 71.2 Å². The largest absolute Gasteiger partial charge is 0.464 e. The van der Waals surface area contributed by atoms with Crippen LogP contribution < -0.4 is 10.2 Å². The lowest BCUT2D eigenvalue weighted by Gasteiger charge is -2.30. The fourth-order valence-electron chi connectivity index (χ4n) is 4.02. The van der Waals surface area contributed by atoms with Gasteiger partial charge in [-0.25, -0.2) is 0 Å². The topological polar surface area (TPSA) is 88.3 Å². The normalized spacial score (nSPS) is 11.8. The standard InChI is InChI=1S/C27H22N4O3S/c1-18-14-15-24(34-18)25(26(32)28-16-19-8-3-2-4-9-19)31(27(33)22-17-35-30-29-22)23-13-7-11-20-10-5-6-12-21(20)23/h2-15,17,25H,16H2,1H3,(H,28,32)/t25-/m1/s1.